The lowest BCUT2D eigenvalue weighted by Crippen LogP contribution is -2.01. The van der Waals surface area contributed by atoms with Crippen LogP contribution in [-0.4, -0.2) is 17.3 Å². The number of hydrogen-bond donors (Lipinski definition) is 1. The Hall–Kier alpha value is -2.44. The number of carbonyl (C=O) groups is 1. The van der Waals surface area contributed by atoms with Crippen LogP contribution in [0.15, 0.2) is 68.5 Å². The van der Waals surface area contributed by atoms with E-state index in [1.165, 1.54) is 5.56 Å². The minimum atomic E-state index is -0.946. The summed E-state index contributed by atoms with van der Waals surface area (Å²) in [6, 6.07) is 16.6. The van der Waals surface area contributed by atoms with Crippen LogP contribution >= 0.6 is 31.9 Å². The fourth-order valence-corrected chi connectivity index (χ4v) is 4.19. The van der Waals surface area contributed by atoms with Crippen molar-refractivity contribution < 1.29 is 14.6 Å². The van der Waals surface area contributed by atoms with Crippen molar-refractivity contribution >= 4 is 49.7 Å². The van der Waals surface area contributed by atoms with Crippen LogP contribution < -0.4 is 4.74 Å². The molecule has 6 heteroatoms. The summed E-state index contributed by atoms with van der Waals surface area (Å²) in [5.41, 5.74) is 5.16. The van der Waals surface area contributed by atoms with E-state index >= 15 is 0 Å². The van der Waals surface area contributed by atoms with Crippen LogP contribution in [0.3, 0.4) is 0 Å². The molecule has 3 rings (SSSR count). The number of aryl methyl sites for hydroxylation is 2. The fraction of sp³-hybridized carbons (Fsp3) is 0.130. The van der Waals surface area contributed by atoms with Gasteiger partial charge in [-0.3, -0.25) is 4.99 Å². The van der Waals surface area contributed by atoms with Gasteiger partial charge in [-0.1, -0.05) is 45.8 Å². The zero-order chi connectivity index (χ0) is 21.0. The second-order valence-electron chi connectivity index (χ2n) is 6.64. The van der Waals surface area contributed by atoms with Gasteiger partial charge in [-0.2, -0.15) is 0 Å². The first-order valence-corrected chi connectivity index (χ1v) is 10.5. The predicted molar refractivity (Wildman–Crippen MR) is 123 cm³/mol. The minimum Gasteiger partial charge on any atom is -0.487 e. The third-order valence-corrected chi connectivity index (χ3v) is 5.36. The number of aliphatic imine (C=N–C) groups is 1. The van der Waals surface area contributed by atoms with Gasteiger partial charge in [0.25, 0.3) is 0 Å². The number of hydrogen-bond acceptors (Lipinski definition) is 3. The zero-order valence-corrected chi connectivity index (χ0v) is 19.1. The molecule has 3 aromatic rings. The summed E-state index contributed by atoms with van der Waals surface area (Å²) >= 11 is 7.07. The Bertz CT molecular complexity index is 1080. The van der Waals surface area contributed by atoms with Crippen molar-refractivity contribution in [3.8, 4) is 5.75 Å². The predicted octanol–water partition coefficient (Wildman–Crippen LogP) is 6.86. The van der Waals surface area contributed by atoms with Crippen LogP contribution in [0.4, 0.5) is 5.69 Å². The normalized spacial score (nSPS) is 11.0. The summed E-state index contributed by atoms with van der Waals surface area (Å²) in [6.45, 7) is 4.40. The maximum absolute atomic E-state index is 11.0. The number of halogens is 2. The number of rotatable bonds is 6. The zero-order valence-electron chi connectivity index (χ0n) is 15.9. The summed E-state index contributed by atoms with van der Waals surface area (Å²) in [5.74, 6) is -0.276. The van der Waals surface area contributed by atoms with Crippen LogP contribution in [0.1, 0.15) is 32.6 Å². The van der Waals surface area contributed by atoms with Crippen LogP contribution in [0.2, 0.25) is 0 Å². The van der Waals surface area contributed by atoms with Gasteiger partial charge in [0.05, 0.1) is 15.7 Å². The molecule has 0 saturated heterocycles. The minimum absolute atomic E-state index is 0.250. The van der Waals surface area contributed by atoms with E-state index in [0.29, 0.717) is 12.4 Å². The van der Waals surface area contributed by atoms with Crippen molar-refractivity contribution in [1.29, 1.82) is 0 Å². The second-order valence-corrected chi connectivity index (χ2v) is 8.41. The molecule has 0 unspecified atom stereocenters. The summed E-state index contributed by atoms with van der Waals surface area (Å²) in [7, 11) is 0. The van der Waals surface area contributed by atoms with Crippen molar-refractivity contribution in [1.82, 2.24) is 0 Å². The maximum Gasteiger partial charge on any atom is 0.335 e. The Labute approximate surface area is 186 Å². The second kappa shape index (κ2) is 9.37. The molecule has 0 radical (unpaired) electrons. The lowest BCUT2D eigenvalue weighted by atomic mass is 10.1. The molecule has 0 amide bonds. The summed E-state index contributed by atoms with van der Waals surface area (Å²) in [5, 5.41) is 9.01. The first-order chi connectivity index (χ1) is 13.8. The highest BCUT2D eigenvalue weighted by molar-refractivity contribution is 9.11. The Morgan fingerprint density at radius 2 is 1.79 bits per heavy atom. The quantitative estimate of drug-likeness (QED) is 0.364. The Kier molecular flexibility index (Phi) is 6.87. The molecule has 29 heavy (non-hydrogen) atoms. The molecule has 0 aliphatic carbocycles. The number of ether oxygens (including phenoxy) is 1. The highest BCUT2D eigenvalue weighted by Crippen LogP contribution is 2.33. The highest BCUT2D eigenvalue weighted by atomic mass is 79.9. The lowest BCUT2D eigenvalue weighted by Gasteiger charge is -2.12. The monoisotopic (exact) mass is 515 g/mol. The number of carboxylic acid groups (broad SMARTS) is 1. The van der Waals surface area contributed by atoms with Crippen molar-refractivity contribution in [3.05, 3.63) is 91.4 Å². The molecule has 4 nitrogen and oxygen atoms in total. The van der Waals surface area contributed by atoms with Gasteiger partial charge in [0.15, 0.2) is 0 Å². The maximum atomic E-state index is 11.0. The van der Waals surface area contributed by atoms with E-state index in [4.69, 9.17) is 9.84 Å². The van der Waals surface area contributed by atoms with Gasteiger partial charge in [-0.15, -0.1) is 0 Å². The van der Waals surface area contributed by atoms with E-state index in [1.54, 1.807) is 30.5 Å². The number of nitrogens with zero attached hydrogens (tertiary/aromatic N) is 1. The van der Waals surface area contributed by atoms with E-state index < -0.39 is 5.97 Å². The molecule has 1 N–H and O–H groups in total. The van der Waals surface area contributed by atoms with Crippen LogP contribution in [0.25, 0.3) is 0 Å². The average Bonchev–Trinajstić information content (AvgIpc) is 2.66. The molecule has 0 heterocycles. The van der Waals surface area contributed by atoms with Gasteiger partial charge in [0.1, 0.15) is 12.4 Å². The molecule has 0 atom stereocenters. The van der Waals surface area contributed by atoms with E-state index in [1.807, 2.05) is 31.2 Å². The van der Waals surface area contributed by atoms with Gasteiger partial charge in [-0.25, -0.2) is 4.79 Å². The average molecular weight is 517 g/mol. The molecule has 0 spiro atoms. The van der Waals surface area contributed by atoms with Gasteiger partial charge in [-0.05, 0) is 71.2 Å². The van der Waals surface area contributed by atoms with E-state index in [9.17, 15) is 4.79 Å². The fourth-order valence-electron chi connectivity index (χ4n) is 2.82. The smallest absolute Gasteiger partial charge is 0.335 e. The number of aromatic carboxylic acids is 1. The summed E-state index contributed by atoms with van der Waals surface area (Å²) < 4.78 is 7.75. The molecule has 0 saturated carbocycles. The first-order valence-electron chi connectivity index (χ1n) is 8.89. The molecule has 0 fully saturated rings. The number of benzene rings is 3. The molecular weight excluding hydrogens is 498 g/mol. The van der Waals surface area contributed by atoms with Gasteiger partial charge >= 0.3 is 5.97 Å². The molecule has 3 aromatic carbocycles. The Morgan fingerprint density at radius 1 is 1.07 bits per heavy atom. The van der Waals surface area contributed by atoms with Gasteiger partial charge in [0, 0.05) is 16.3 Å². The van der Waals surface area contributed by atoms with E-state index in [2.05, 4.69) is 49.8 Å². The summed E-state index contributed by atoms with van der Waals surface area (Å²) in [6.07, 6.45) is 1.79. The molecule has 0 aliphatic heterocycles. The van der Waals surface area contributed by atoms with Crippen molar-refractivity contribution in [3.63, 3.8) is 0 Å². The number of carboxylic acids is 1. The van der Waals surface area contributed by atoms with Gasteiger partial charge in [0.2, 0.25) is 0 Å². The Balaban J connectivity index is 1.85. The van der Waals surface area contributed by atoms with Crippen molar-refractivity contribution in [2.45, 2.75) is 20.5 Å². The summed E-state index contributed by atoms with van der Waals surface area (Å²) in [4.78, 5) is 15.6. The molecule has 0 bridgehead atoms. The molecular formula is C23H19Br2NO3. The van der Waals surface area contributed by atoms with Crippen LogP contribution in [0, 0.1) is 13.8 Å². The SMILES string of the molecule is Cc1ccc(N=Cc2cc(Br)cc(Br)c2OCc2ccc(C(=O)O)cc2)c(C)c1. The topological polar surface area (TPSA) is 58.9 Å². The van der Waals surface area contributed by atoms with Crippen LogP contribution in [-0.2, 0) is 6.61 Å². The lowest BCUT2D eigenvalue weighted by molar-refractivity contribution is 0.0697. The van der Waals surface area contributed by atoms with Crippen molar-refractivity contribution in [2.75, 3.05) is 0 Å². The van der Waals surface area contributed by atoms with E-state index in [0.717, 1.165) is 31.3 Å². The van der Waals surface area contributed by atoms with Gasteiger partial charge < -0.3 is 9.84 Å². The molecule has 148 valence electrons. The third-order valence-electron chi connectivity index (χ3n) is 4.32. The van der Waals surface area contributed by atoms with Crippen molar-refractivity contribution in [2.24, 2.45) is 4.99 Å². The first kappa shape index (κ1) is 21.3. The van der Waals surface area contributed by atoms with E-state index in [-0.39, 0.29) is 5.56 Å². The largest absolute Gasteiger partial charge is 0.487 e. The molecule has 0 aliphatic rings. The highest BCUT2D eigenvalue weighted by Gasteiger charge is 2.10. The Morgan fingerprint density at radius 3 is 2.45 bits per heavy atom. The third kappa shape index (κ3) is 5.55. The standard InChI is InChI=1S/C23H19Br2NO3/c1-14-3-8-21(15(2)9-14)26-12-18-10-19(24)11-20(25)22(18)29-13-16-4-6-17(7-5-16)23(27)28/h3-12H,13H2,1-2H3,(H,27,28). The molecule has 0 aromatic heterocycles. The van der Waals surface area contributed by atoms with Crippen LogP contribution in [0.5, 0.6) is 5.75 Å².